The molecule has 1 N–H and O–H groups in total. The largest absolute Gasteiger partial charge is 0.486 e. The van der Waals surface area contributed by atoms with Gasteiger partial charge in [0.05, 0.1) is 17.8 Å². The molecule has 8 heteroatoms. The third-order valence-corrected chi connectivity index (χ3v) is 5.96. The Kier molecular flexibility index (Phi) is 6.11. The number of hydrogen-bond acceptors (Lipinski definition) is 7. The fraction of sp³-hybridized carbons (Fsp3) is 0.417. The molecule has 5 rings (SSSR count). The van der Waals surface area contributed by atoms with E-state index in [1.807, 2.05) is 12.1 Å². The predicted octanol–water partition coefficient (Wildman–Crippen LogP) is 2.68. The van der Waals surface area contributed by atoms with Crippen LogP contribution in [0.15, 0.2) is 47.4 Å². The molecule has 0 amide bonds. The number of para-hydroxylation sites is 1. The Labute approximate surface area is 186 Å². The number of H-pyrrole nitrogens is 1. The minimum atomic E-state index is -0.122. The smallest absolute Gasteiger partial charge is 0.248 e. The van der Waals surface area contributed by atoms with E-state index in [1.54, 1.807) is 18.3 Å². The van der Waals surface area contributed by atoms with Crippen LogP contribution in [-0.2, 0) is 0 Å². The second kappa shape index (κ2) is 9.48. The molecule has 32 heavy (non-hydrogen) atoms. The van der Waals surface area contributed by atoms with Crippen molar-refractivity contribution >= 4 is 16.6 Å². The molecule has 0 atom stereocenters. The summed E-state index contributed by atoms with van der Waals surface area (Å²) in [6.45, 7) is 6.93. The van der Waals surface area contributed by atoms with Gasteiger partial charge >= 0.3 is 0 Å². The number of anilines is 1. The van der Waals surface area contributed by atoms with Gasteiger partial charge in [-0.1, -0.05) is 6.07 Å². The first-order valence-corrected chi connectivity index (χ1v) is 11.2. The fourth-order valence-corrected chi connectivity index (χ4v) is 4.24. The van der Waals surface area contributed by atoms with Gasteiger partial charge in [0.1, 0.15) is 13.2 Å². The molecule has 3 aromatic rings. The van der Waals surface area contributed by atoms with Crippen LogP contribution in [0.25, 0.3) is 10.9 Å². The first kappa shape index (κ1) is 20.6. The van der Waals surface area contributed by atoms with E-state index in [2.05, 4.69) is 25.8 Å². The summed E-state index contributed by atoms with van der Waals surface area (Å²) in [7, 11) is 0. The van der Waals surface area contributed by atoms with Gasteiger partial charge in [-0.25, -0.2) is 4.98 Å². The topological polar surface area (TPSA) is 79.9 Å². The van der Waals surface area contributed by atoms with E-state index in [-0.39, 0.29) is 5.56 Å². The van der Waals surface area contributed by atoms with Crippen LogP contribution in [0.1, 0.15) is 12.8 Å². The second-order valence-corrected chi connectivity index (χ2v) is 8.12. The Hall–Kier alpha value is -3.26. The Morgan fingerprint density at radius 1 is 1.03 bits per heavy atom. The van der Waals surface area contributed by atoms with Gasteiger partial charge in [-0.3, -0.25) is 9.69 Å². The summed E-state index contributed by atoms with van der Waals surface area (Å²) in [5.74, 6) is 2.28. The number of aromatic nitrogens is 2. The van der Waals surface area contributed by atoms with Crippen LogP contribution >= 0.6 is 0 Å². The van der Waals surface area contributed by atoms with Crippen molar-refractivity contribution < 1.29 is 14.2 Å². The number of pyridine rings is 2. The molecule has 2 aliphatic heterocycles. The number of aromatic amines is 1. The van der Waals surface area contributed by atoms with Crippen molar-refractivity contribution in [3.05, 3.63) is 52.9 Å². The monoisotopic (exact) mass is 436 g/mol. The zero-order chi connectivity index (χ0) is 21.8. The van der Waals surface area contributed by atoms with E-state index in [0.29, 0.717) is 25.7 Å². The van der Waals surface area contributed by atoms with Crippen molar-refractivity contribution in [1.29, 1.82) is 0 Å². The summed E-state index contributed by atoms with van der Waals surface area (Å²) in [6, 6.07) is 11.2. The molecule has 2 aliphatic rings. The highest BCUT2D eigenvalue weighted by molar-refractivity contribution is 5.77. The lowest BCUT2D eigenvalue weighted by Crippen LogP contribution is -2.46. The average Bonchev–Trinajstić information content (AvgIpc) is 2.83. The third-order valence-electron chi connectivity index (χ3n) is 5.96. The molecule has 4 heterocycles. The molecule has 0 saturated carbocycles. The summed E-state index contributed by atoms with van der Waals surface area (Å²) in [4.78, 5) is 23.5. The minimum Gasteiger partial charge on any atom is -0.486 e. The molecule has 0 aliphatic carbocycles. The molecule has 1 saturated heterocycles. The number of fused-ring (bicyclic) bond motifs is 2. The number of nitrogens with zero attached hydrogens (tertiary/aromatic N) is 3. The van der Waals surface area contributed by atoms with E-state index in [4.69, 9.17) is 14.2 Å². The zero-order valence-corrected chi connectivity index (χ0v) is 18.1. The van der Waals surface area contributed by atoms with Crippen LogP contribution in [-0.4, -0.2) is 67.4 Å². The van der Waals surface area contributed by atoms with Crippen molar-refractivity contribution in [3.8, 4) is 17.4 Å². The number of piperazine rings is 1. The van der Waals surface area contributed by atoms with Crippen LogP contribution in [0.2, 0.25) is 0 Å². The Balaban J connectivity index is 1.05. The lowest BCUT2D eigenvalue weighted by molar-refractivity contribution is 0.171. The van der Waals surface area contributed by atoms with Crippen LogP contribution in [0.4, 0.5) is 5.69 Å². The van der Waals surface area contributed by atoms with E-state index in [0.717, 1.165) is 73.7 Å². The van der Waals surface area contributed by atoms with Gasteiger partial charge < -0.3 is 24.1 Å². The molecule has 8 nitrogen and oxygen atoms in total. The summed E-state index contributed by atoms with van der Waals surface area (Å²) < 4.78 is 17.4. The molecule has 1 aromatic carbocycles. The lowest BCUT2D eigenvalue weighted by atomic mass is 10.2. The number of unbranched alkanes of at least 4 members (excludes halogenated alkanes) is 1. The molecular formula is C24H28N4O4. The van der Waals surface area contributed by atoms with Crippen LogP contribution in [0.3, 0.4) is 0 Å². The Morgan fingerprint density at radius 3 is 2.81 bits per heavy atom. The highest BCUT2D eigenvalue weighted by Gasteiger charge is 2.23. The molecule has 168 valence electrons. The molecular weight excluding hydrogens is 408 g/mol. The number of hydrogen-bond donors (Lipinski definition) is 1. The van der Waals surface area contributed by atoms with Crippen LogP contribution in [0.5, 0.6) is 17.4 Å². The molecule has 0 unspecified atom stereocenters. The van der Waals surface area contributed by atoms with Gasteiger partial charge in [0.2, 0.25) is 11.4 Å². The van der Waals surface area contributed by atoms with Gasteiger partial charge in [0.25, 0.3) is 0 Å². The van der Waals surface area contributed by atoms with Crippen LogP contribution < -0.4 is 24.7 Å². The van der Waals surface area contributed by atoms with Crippen molar-refractivity contribution in [2.45, 2.75) is 12.8 Å². The molecule has 1 fully saturated rings. The van der Waals surface area contributed by atoms with E-state index in [9.17, 15) is 4.79 Å². The Morgan fingerprint density at radius 2 is 1.91 bits per heavy atom. The minimum absolute atomic E-state index is 0.122. The maximum Gasteiger partial charge on any atom is 0.248 e. The lowest BCUT2D eigenvalue weighted by Gasteiger charge is -2.37. The van der Waals surface area contributed by atoms with Crippen molar-refractivity contribution in [2.75, 3.05) is 57.4 Å². The van der Waals surface area contributed by atoms with E-state index in [1.165, 1.54) is 6.07 Å². The fourth-order valence-electron chi connectivity index (χ4n) is 4.24. The van der Waals surface area contributed by atoms with Gasteiger partial charge in [-0.2, -0.15) is 0 Å². The number of ether oxygens (including phenoxy) is 3. The predicted molar refractivity (Wildman–Crippen MR) is 123 cm³/mol. The molecule has 0 spiro atoms. The summed E-state index contributed by atoms with van der Waals surface area (Å²) in [6.07, 6.45) is 3.76. The molecule has 2 aromatic heterocycles. The number of nitrogens with one attached hydrogen (secondary N) is 1. The first-order valence-electron chi connectivity index (χ1n) is 11.2. The Bertz CT molecular complexity index is 1120. The third kappa shape index (κ3) is 4.65. The standard InChI is InChI=1S/C24H28N4O4/c29-22-7-6-18-17-25-23(16-19(18)26-22)31-13-2-1-8-27-9-11-28(12-10-27)20-4-3-5-21-24(20)32-15-14-30-21/h3-7,16-17H,1-2,8-15H2,(H,26,29). The van der Waals surface area contributed by atoms with Gasteiger partial charge in [0, 0.05) is 49.9 Å². The second-order valence-electron chi connectivity index (χ2n) is 8.12. The van der Waals surface area contributed by atoms with Gasteiger partial charge in [0.15, 0.2) is 11.5 Å². The first-order chi connectivity index (χ1) is 15.8. The number of rotatable bonds is 7. The van der Waals surface area contributed by atoms with Crippen molar-refractivity contribution in [2.24, 2.45) is 0 Å². The highest BCUT2D eigenvalue weighted by Crippen LogP contribution is 2.39. The quantitative estimate of drug-likeness (QED) is 0.571. The van der Waals surface area contributed by atoms with Gasteiger partial charge in [-0.15, -0.1) is 0 Å². The van der Waals surface area contributed by atoms with Crippen molar-refractivity contribution in [3.63, 3.8) is 0 Å². The van der Waals surface area contributed by atoms with Gasteiger partial charge in [-0.05, 0) is 37.6 Å². The summed E-state index contributed by atoms with van der Waals surface area (Å²) in [5.41, 5.74) is 1.76. The molecule has 0 radical (unpaired) electrons. The van der Waals surface area contributed by atoms with E-state index >= 15 is 0 Å². The van der Waals surface area contributed by atoms with Crippen molar-refractivity contribution in [1.82, 2.24) is 14.9 Å². The van der Waals surface area contributed by atoms with Crippen LogP contribution in [0, 0.1) is 0 Å². The summed E-state index contributed by atoms with van der Waals surface area (Å²) in [5, 5.41) is 0.895. The maximum absolute atomic E-state index is 11.5. The normalized spacial score (nSPS) is 16.3. The SMILES string of the molecule is O=c1ccc2cnc(OCCCCN3CCN(c4cccc5c4OCCO5)CC3)cc2[nH]1. The summed E-state index contributed by atoms with van der Waals surface area (Å²) >= 11 is 0. The van der Waals surface area contributed by atoms with E-state index < -0.39 is 0 Å². The molecule has 0 bridgehead atoms. The highest BCUT2D eigenvalue weighted by atomic mass is 16.6. The number of benzene rings is 1. The average molecular weight is 437 g/mol. The maximum atomic E-state index is 11.5. The zero-order valence-electron chi connectivity index (χ0n) is 18.1.